The molecule has 0 aliphatic carbocycles. The number of nitrogens with zero attached hydrogens (tertiary/aromatic N) is 4. The number of amides is 1. The number of likely N-dealkylation sites (tertiary alicyclic amines) is 1. The van der Waals surface area contributed by atoms with E-state index in [0.717, 1.165) is 31.0 Å². The lowest BCUT2D eigenvalue weighted by Crippen LogP contribution is -2.45. The summed E-state index contributed by atoms with van der Waals surface area (Å²) in [5.41, 5.74) is 0.817. The summed E-state index contributed by atoms with van der Waals surface area (Å²) in [5.74, 6) is 2.00. The van der Waals surface area contributed by atoms with Crippen molar-refractivity contribution in [1.82, 2.24) is 25.7 Å². The summed E-state index contributed by atoms with van der Waals surface area (Å²) in [4.78, 5) is 23.1. The van der Waals surface area contributed by atoms with Crippen molar-refractivity contribution in [2.75, 3.05) is 26.2 Å². The van der Waals surface area contributed by atoms with Crippen LogP contribution in [0.5, 0.6) is 0 Å². The predicted molar refractivity (Wildman–Crippen MR) is 117 cm³/mol. The van der Waals surface area contributed by atoms with Crippen LogP contribution in [0.4, 0.5) is 0 Å². The minimum atomic E-state index is 0.0249. The fourth-order valence-corrected chi connectivity index (χ4v) is 3.51. The van der Waals surface area contributed by atoms with Crippen molar-refractivity contribution in [3.05, 3.63) is 35.2 Å². The van der Waals surface area contributed by atoms with E-state index in [9.17, 15) is 4.79 Å². The van der Waals surface area contributed by atoms with Crippen LogP contribution >= 0.6 is 11.6 Å². The van der Waals surface area contributed by atoms with Crippen molar-refractivity contribution in [3.8, 4) is 11.4 Å². The Morgan fingerprint density at radius 3 is 3.00 bits per heavy atom. The molecule has 1 unspecified atom stereocenters. The summed E-state index contributed by atoms with van der Waals surface area (Å²) >= 11 is 6.02. The van der Waals surface area contributed by atoms with E-state index in [0.29, 0.717) is 36.2 Å². The molecule has 8 nitrogen and oxygen atoms in total. The van der Waals surface area contributed by atoms with E-state index in [1.54, 1.807) is 12.1 Å². The van der Waals surface area contributed by atoms with Crippen LogP contribution in [0.2, 0.25) is 5.02 Å². The number of carbonyl (C=O) groups excluding carboxylic acids is 1. The fraction of sp³-hybridized carbons (Fsp3) is 0.524. The van der Waals surface area contributed by atoms with E-state index >= 15 is 0 Å². The molecule has 1 aromatic carbocycles. The summed E-state index contributed by atoms with van der Waals surface area (Å²) in [7, 11) is 0. The van der Waals surface area contributed by atoms with Crippen LogP contribution in [-0.2, 0) is 11.2 Å². The Balaban J connectivity index is 1.54. The van der Waals surface area contributed by atoms with E-state index in [4.69, 9.17) is 16.1 Å². The van der Waals surface area contributed by atoms with Gasteiger partial charge in [0.05, 0.1) is 6.54 Å². The number of hydrogen-bond acceptors (Lipinski definition) is 5. The van der Waals surface area contributed by atoms with Gasteiger partial charge in [0.1, 0.15) is 0 Å². The zero-order valence-corrected chi connectivity index (χ0v) is 18.4. The molecule has 1 amide bonds. The highest BCUT2D eigenvalue weighted by Crippen LogP contribution is 2.20. The highest BCUT2D eigenvalue weighted by Gasteiger charge is 2.27. The van der Waals surface area contributed by atoms with Gasteiger partial charge < -0.3 is 20.1 Å². The van der Waals surface area contributed by atoms with E-state index in [1.807, 2.05) is 37.8 Å². The van der Waals surface area contributed by atoms with Gasteiger partial charge in [-0.25, -0.2) is 0 Å². The van der Waals surface area contributed by atoms with Gasteiger partial charge in [-0.3, -0.25) is 9.79 Å². The van der Waals surface area contributed by atoms with Crippen LogP contribution in [-0.4, -0.2) is 59.1 Å². The topological polar surface area (TPSA) is 95.7 Å². The number of guanidine groups is 1. The van der Waals surface area contributed by atoms with Crippen LogP contribution in [0.25, 0.3) is 11.4 Å². The highest BCUT2D eigenvalue weighted by atomic mass is 35.5. The number of nitrogens with one attached hydrogen (secondary N) is 2. The second-order valence-electron chi connectivity index (χ2n) is 7.60. The van der Waals surface area contributed by atoms with Crippen LogP contribution in [0.15, 0.2) is 33.8 Å². The lowest BCUT2D eigenvalue weighted by Gasteiger charge is -2.20. The second kappa shape index (κ2) is 10.4. The molecule has 1 fully saturated rings. The van der Waals surface area contributed by atoms with Gasteiger partial charge in [-0.05, 0) is 25.5 Å². The predicted octanol–water partition coefficient (Wildman–Crippen LogP) is 2.74. The molecule has 2 N–H and O–H groups in total. The van der Waals surface area contributed by atoms with Gasteiger partial charge in [0, 0.05) is 48.6 Å². The number of halogens is 1. The quantitative estimate of drug-likeness (QED) is 0.516. The second-order valence-corrected chi connectivity index (χ2v) is 8.04. The number of aliphatic imine (C=N–C) groups is 1. The number of rotatable bonds is 7. The van der Waals surface area contributed by atoms with Crippen molar-refractivity contribution in [3.63, 3.8) is 0 Å². The third-order valence-electron chi connectivity index (χ3n) is 4.83. The third kappa shape index (κ3) is 5.95. The molecule has 2 aromatic rings. The molecule has 1 atom stereocenters. The van der Waals surface area contributed by atoms with Crippen molar-refractivity contribution in [2.24, 2.45) is 10.9 Å². The number of aromatic nitrogens is 2. The van der Waals surface area contributed by atoms with Gasteiger partial charge in [-0.1, -0.05) is 42.7 Å². The third-order valence-corrected chi connectivity index (χ3v) is 5.06. The summed E-state index contributed by atoms with van der Waals surface area (Å²) in [5, 5.41) is 11.3. The molecule has 1 aliphatic heterocycles. The zero-order chi connectivity index (χ0) is 21.5. The Hall–Kier alpha value is -2.61. The molecule has 1 saturated heterocycles. The standard InChI is InChI=1S/C21H29ClN6O2/c1-4-23-21(25-17-9-11-28(13-17)20(29)14(2)3)24-10-8-18-26-19(27-30-18)15-6-5-7-16(22)12-15/h5-7,12,14,17H,4,8-11,13H2,1-3H3,(H2,23,24,25). The SMILES string of the molecule is CCNC(=NCCc1nc(-c2cccc(Cl)c2)no1)NC1CCN(C(=O)C(C)C)C1. The molecule has 2 heterocycles. The van der Waals surface area contributed by atoms with Crippen LogP contribution in [0, 0.1) is 5.92 Å². The maximum atomic E-state index is 12.2. The molecular formula is C21H29ClN6O2. The zero-order valence-electron chi connectivity index (χ0n) is 17.7. The van der Waals surface area contributed by atoms with Crippen molar-refractivity contribution < 1.29 is 9.32 Å². The Labute approximate surface area is 182 Å². The van der Waals surface area contributed by atoms with Gasteiger partial charge in [0.2, 0.25) is 17.6 Å². The summed E-state index contributed by atoms with van der Waals surface area (Å²) in [6, 6.07) is 7.55. The molecule has 9 heteroatoms. The first kappa shape index (κ1) is 22.1. The number of hydrogen-bond donors (Lipinski definition) is 2. The van der Waals surface area contributed by atoms with Crippen molar-refractivity contribution >= 4 is 23.5 Å². The van der Waals surface area contributed by atoms with Crippen molar-refractivity contribution in [2.45, 2.75) is 39.7 Å². The van der Waals surface area contributed by atoms with Gasteiger partial charge in [0.15, 0.2) is 5.96 Å². The van der Waals surface area contributed by atoms with E-state index < -0.39 is 0 Å². The number of carbonyl (C=O) groups is 1. The number of benzene rings is 1. The monoisotopic (exact) mass is 432 g/mol. The largest absolute Gasteiger partial charge is 0.357 e. The first-order valence-corrected chi connectivity index (χ1v) is 10.8. The molecule has 0 saturated carbocycles. The van der Waals surface area contributed by atoms with E-state index in [-0.39, 0.29) is 17.9 Å². The van der Waals surface area contributed by atoms with Crippen LogP contribution in [0.1, 0.15) is 33.1 Å². The first-order chi connectivity index (χ1) is 14.5. The highest BCUT2D eigenvalue weighted by molar-refractivity contribution is 6.30. The van der Waals surface area contributed by atoms with Gasteiger partial charge in [0.25, 0.3) is 0 Å². The fourth-order valence-electron chi connectivity index (χ4n) is 3.32. The van der Waals surface area contributed by atoms with E-state index in [1.165, 1.54) is 0 Å². The van der Waals surface area contributed by atoms with Crippen molar-refractivity contribution in [1.29, 1.82) is 0 Å². The lowest BCUT2D eigenvalue weighted by molar-refractivity contribution is -0.133. The van der Waals surface area contributed by atoms with Crippen LogP contribution in [0.3, 0.4) is 0 Å². The smallest absolute Gasteiger partial charge is 0.228 e. The van der Waals surface area contributed by atoms with Gasteiger partial charge in [-0.2, -0.15) is 4.98 Å². The molecule has 0 bridgehead atoms. The lowest BCUT2D eigenvalue weighted by atomic mass is 10.2. The molecule has 1 aromatic heterocycles. The minimum Gasteiger partial charge on any atom is -0.357 e. The molecule has 3 rings (SSSR count). The van der Waals surface area contributed by atoms with E-state index in [2.05, 4.69) is 25.8 Å². The minimum absolute atomic E-state index is 0.0249. The molecular weight excluding hydrogens is 404 g/mol. The normalized spacial score (nSPS) is 16.9. The average Bonchev–Trinajstić information content (AvgIpc) is 3.37. The average molecular weight is 433 g/mol. The molecule has 30 heavy (non-hydrogen) atoms. The summed E-state index contributed by atoms with van der Waals surface area (Å²) in [6.07, 6.45) is 1.45. The Kier molecular flexibility index (Phi) is 7.68. The molecule has 1 aliphatic rings. The summed E-state index contributed by atoms with van der Waals surface area (Å²) in [6.45, 7) is 8.64. The Morgan fingerprint density at radius 2 is 2.27 bits per heavy atom. The van der Waals surface area contributed by atoms with Crippen LogP contribution < -0.4 is 10.6 Å². The first-order valence-electron chi connectivity index (χ1n) is 10.4. The maximum absolute atomic E-state index is 12.2. The Bertz CT molecular complexity index is 882. The summed E-state index contributed by atoms with van der Waals surface area (Å²) < 4.78 is 5.34. The van der Waals surface area contributed by atoms with Gasteiger partial charge >= 0.3 is 0 Å². The molecule has 0 spiro atoms. The van der Waals surface area contributed by atoms with Gasteiger partial charge in [-0.15, -0.1) is 0 Å². The Morgan fingerprint density at radius 1 is 1.43 bits per heavy atom. The maximum Gasteiger partial charge on any atom is 0.228 e. The molecule has 0 radical (unpaired) electrons. The molecule has 162 valence electrons.